The lowest BCUT2D eigenvalue weighted by atomic mass is 9.74. The number of aliphatic carboxylic acids is 1. The van der Waals surface area contributed by atoms with Crippen LogP contribution in [0.3, 0.4) is 0 Å². The van der Waals surface area contributed by atoms with Gasteiger partial charge in [0.1, 0.15) is 5.75 Å². The summed E-state index contributed by atoms with van der Waals surface area (Å²) in [7, 11) is 1.69. The molecule has 0 saturated carbocycles. The third-order valence-electron chi connectivity index (χ3n) is 7.30. The number of carboxylic acid groups (broad SMARTS) is 1. The molecule has 2 unspecified atom stereocenters. The van der Waals surface area contributed by atoms with Crippen molar-refractivity contribution in [3.05, 3.63) is 112 Å². The van der Waals surface area contributed by atoms with Crippen molar-refractivity contribution in [2.24, 2.45) is 5.92 Å². The Morgan fingerprint density at radius 3 is 2.15 bits per heavy atom. The van der Waals surface area contributed by atoms with E-state index in [-0.39, 0.29) is 24.3 Å². The standard InChI is InChI=1S/C33H34ClNO4/c1-4-7-26(22-10-12-24(13-11-22)32(36)35-20-21(2)33(37)38)31(23-14-16-25(34)17-15-23)29-18-19-30(39-3)28-9-6-5-8-27(28)29/h5-6,8-19,21,26,31H,4,7,20H2,1-3H3,(H,35,36)(H,37,38)/t21?,26-,31?/m1/s1. The molecule has 1 amide bonds. The van der Waals surface area contributed by atoms with Gasteiger partial charge in [-0.2, -0.15) is 0 Å². The van der Waals surface area contributed by atoms with Crippen molar-refractivity contribution >= 4 is 34.2 Å². The predicted molar refractivity (Wildman–Crippen MR) is 157 cm³/mol. The van der Waals surface area contributed by atoms with Crippen LogP contribution >= 0.6 is 11.6 Å². The molecule has 0 aliphatic carbocycles. The third-order valence-corrected chi connectivity index (χ3v) is 7.55. The lowest BCUT2D eigenvalue weighted by Crippen LogP contribution is -2.31. The highest BCUT2D eigenvalue weighted by Gasteiger charge is 2.28. The van der Waals surface area contributed by atoms with E-state index in [1.165, 1.54) is 5.56 Å². The van der Waals surface area contributed by atoms with E-state index in [1.807, 2.05) is 48.5 Å². The van der Waals surface area contributed by atoms with E-state index in [0.717, 1.165) is 40.5 Å². The zero-order chi connectivity index (χ0) is 27.9. The van der Waals surface area contributed by atoms with Crippen LogP contribution in [0.4, 0.5) is 0 Å². The minimum atomic E-state index is -0.938. The quantitative estimate of drug-likeness (QED) is 0.203. The van der Waals surface area contributed by atoms with Gasteiger partial charge in [-0.25, -0.2) is 0 Å². The Morgan fingerprint density at radius 2 is 1.54 bits per heavy atom. The molecule has 0 heterocycles. The molecule has 5 nitrogen and oxygen atoms in total. The van der Waals surface area contributed by atoms with Crippen LogP contribution < -0.4 is 10.1 Å². The Morgan fingerprint density at radius 1 is 0.897 bits per heavy atom. The Kier molecular flexibility index (Phi) is 9.26. The number of benzene rings is 4. The molecule has 0 spiro atoms. The molecule has 0 fully saturated rings. The normalized spacial score (nSPS) is 13.4. The zero-order valence-electron chi connectivity index (χ0n) is 22.5. The van der Waals surface area contributed by atoms with Crippen molar-refractivity contribution in [3.8, 4) is 5.75 Å². The summed E-state index contributed by atoms with van der Waals surface area (Å²) in [6.07, 6.45) is 1.92. The molecule has 0 aliphatic rings. The Bertz CT molecular complexity index is 1430. The number of hydrogen-bond acceptors (Lipinski definition) is 3. The number of carbonyl (C=O) groups excluding carboxylic acids is 1. The van der Waals surface area contributed by atoms with Crippen molar-refractivity contribution in [1.29, 1.82) is 0 Å². The van der Waals surface area contributed by atoms with Crippen molar-refractivity contribution < 1.29 is 19.4 Å². The van der Waals surface area contributed by atoms with Gasteiger partial charge < -0.3 is 15.2 Å². The van der Waals surface area contributed by atoms with Gasteiger partial charge >= 0.3 is 5.97 Å². The van der Waals surface area contributed by atoms with Crippen LogP contribution in [-0.2, 0) is 4.79 Å². The number of nitrogens with one attached hydrogen (secondary N) is 1. The van der Waals surface area contributed by atoms with Gasteiger partial charge in [0.05, 0.1) is 13.0 Å². The van der Waals surface area contributed by atoms with Crippen molar-refractivity contribution in [1.82, 2.24) is 5.32 Å². The summed E-state index contributed by atoms with van der Waals surface area (Å²) in [6.45, 7) is 3.84. The van der Waals surface area contributed by atoms with Crippen LogP contribution in [0.1, 0.15) is 65.6 Å². The molecule has 6 heteroatoms. The first-order valence-corrected chi connectivity index (χ1v) is 13.6. The Labute approximate surface area is 234 Å². The summed E-state index contributed by atoms with van der Waals surface area (Å²) in [5, 5.41) is 14.7. The second-order valence-corrected chi connectivity index (χ2v) is 10.3. The van der Waals surface area contributed by atoms with Gasteiger partial charge in [0.15, 0.2) is 0 Å². The van der Waals surface area contributed by atoms with E-state index in [2.05, 4.69) is 48.6 Å². The van der Waals surface area contributed by atoms with E-state index < -0.39 is 11.9 Å². The number of methoxy groups -OCH3 is 1. The molecule has 39 heavy (non-hydrogen) atoms. The van der Waals surface area contributed by atoms with E-state index in [1.54, 1.807) is 14.0 Å². The molecular weight excluding hydrogens is 510 g/mol. The summed E-state index contributed by atoms with van der Waals surface area (Å²) < 4.78 is 5.67. The Balaban J connectivity index is 1.77. The molecule has 4 rings (SSSR count). The number of carboxylic acids is 1. The van der Waals surface area contributed by atoms with Gasteiger partial charge in [-0.3, -0.25) is 9.59 Å². The number of carbonyl (C=O) groups is 2. The number of amides is 1. The van der Waals surface area contributed by atoms with Crippen LogP contribution in [0.15, 0.2) is 84.9 Å². The third kappa shape index (κ3) is 6.43. The lowest BCUT2D eigenvalue weighted by Gasteiger charge is -2.30. The fourth-order valence-corrected chi connectivity index (χ4v) is 5.32. The summed E-state index contributed by atoms with van der Waals surface area (Å²) in [4.78, 5) is 23.8. The fraction of sp³-hybridized carbons (Fsp3) is 0.273. The van der Waals surface area contributed by atoms with Crippen LogP contribution in [0.25, 0.3) is 10.8 Å². The van der Waals surface area contributed by atoms with Gasteiger partial charge in [-0.1, -0.05) is 86.5 Å². The van der Waals surface area contributed by atoms with E-state index in [9.17, 15) is 9.59 Å². The van der Waals surface area contributed by atoms with E-state index in [0.29, 0.717) is 10.6 Å². The van der Waals surface area contributed by atoms with E-state index >= 15 is 0 Å². The molecule has 202 valence electrons. The first kappa shape index (κ1) is 28.2. The predicted octanol–water partition coefficient (Wildman–Crippen LogP) is 7.67. The molecular formula is C33H34ClNO4. The summed E-state index contributed by atoms with van der Waals surface area (Å²) in [6, 6.07) is 28.3. The largest absolute Gasteiger partial charge is 0.496 e. The lowest BCUT2D eigenvalue weighted by molar-refractivity contribution is -0.140. The van der Waals surface area contributed by atoms with Crippen LogP contribution in [0.2, 0.25) is 5.02 Å². The molecule has 0 saturated heterocycles. The molecule has 3 atom stereocenters. The molecule has 0 radical (unpaired) electrons. The van der Waals surface area contributed by atoms with Crippen LogP contribution in [0, 0.1) is 5.92 Å². The van der Waals surface area contributed by atoms with Crippen LogP contribution in [0.5, 0.6) is 5.75 Å². The summed E-state index contributed by atoms with van der Waals surface area (Å²) in [5.41, 5.74) is 4.01. The van der Waals surface area contributed by atoms with Gasteiger partial charge in [0, 0.05) is 28.4 Å². The monoisotopic (exact) mass is 543 g/mol. The molecule has 0 aliphatic heterocycles. The second kappa shape index (κ2) is 12.8. The average Bonchev–Trinajstić information content (AvgIpc) is 2.96. The number of rotatable bonds is 11. The molecule has 4 aromatic rings. The maximum absolute atomic E-state index is 12.7. The first-order chi connectivity index (χ1) is 18.8. The van der Waals surface area contributed by atoms with Crippen molar-refractivity contribution in [2.75, 3.05) is 13.7 Å². The summed E-state index contributed by atoms with van der Waals surface area (Å²) in [5.74, 6) is -0.860. The first-order valence-electron chi connectivity index (χ1n) is 13.3. The smallest absolute Gasteiger partial charge is 0.308 e. The average molecular weight is 544 g/mol. The van der Waals surface area contributed by atoms with E-state index in [4.69, 9.17) is 21.4 Å². The molecule has 0 aromatic heterocycles. The highest BCUT2D eigenvalue weighted by Crippen LogP contribution is 2.45. The topological polar surface area (TPSA) is 75.6 Å². The summed E-state index contributed by atoms with van der Waals surface area (Å²) >= 11 is 6.28. The van der Waals surface area contributed by atoms with Gasteiger partial charge in [-0.05, 0) is 64.7 Å². The van der Waals surface area contributed by atoms with Gasteiger partial charge in [0.25, 0.3) is 5.91 Å². The highest BCUT2D eigenvalue weighted by atomic mass is 35.5. The SMILES string of the molecule is CCC[C@H](c1ccc(C(=O)NCC(C)C(=O)O)cc1)C(c1ccc(Cl)cc1)c1ccc(OC)c2ccccc12. The highest BCUT2D eigenvalue weighted by molar-refractivity contribution is 6.30. The van der Waals surface area contributed by atoms with Gasteiger partial charge in [-0.15, -0.1) is 0 Å². The minimum Gasteiger partial charge on any atom is -0.496 e. The maximum Gasteiger partial charge on any atom is 0.308 e. The number of halogens is 1. The second-order valence-electron chi connectivity index (χ2n) is 9.90. The fourth-order valence-electron chi connectivity index (χ4n) is 5.20. The van der Waals surface area contributed by atoms with Gasteiger partial charge in [0.2, 0.25) is 0 Å². The minimum absolute atomic E-state index is 0.0362. The number of fused-ring (bicyclic) bond motifs is 1. The van der Waals surface area contributed by atoms with Crippen molar-refractivity contribution in [2.45, 2.75) is 38.5 Å². The molecule has 2 N–H and O–H groups in total. The Hall–Kier alpha value is -3.83. The van der Waals surface area contributed by atoms with Crippen molar-refractivity contribution in [3.63, 3.8) is 0 Å². The molecule has 0 bridgehead atoms. The number of hydrogen-bond donors (Lipinski definition) is 2. The maximum atomic E-state index is 12.7. The number of ether oxygens (including phenoxy) is 1. The molecule has 4 aromatic carbocycles. The zero-order valence-corrected chi connectivity index (χ0v) is 23.2. The van der Waals surface area contributed by atoms with Crippen LogP contribution in [-0.4, -0.2) is 30.6 Å².